The molecule has 1 atom stereocenters. The minimum absolute atomic E-state index is 0.110. The van der Waals surface area contributed by atoms with Gasteiger partial charge in [0.05, 0.1) is 17.7 Å². The number of benzene rings is 2. The summed E-state index contributed by atoms with van der Waals surface area (Å²) in [5.74, 6) is 1.53. The van der Waals surface area contributed by atoms with Gasteiger partial charge in [-0.25, -0.2) is 9.37 Å². The van der Waals surface area contributed by atoms with Gasteiger partial charge in [-0.2, -0.15) is 0 Å². The van der Waals surface area contributed by atoms with E-state index < -0.39 is 5.82 Å². The number of hydrogen-bond acceptors (Lipinski definition) is 4. The SMILES string of the molecule is Cc1nc2c(F)cccc2c(=O)n1-c1ccc(OCCCN2CCC[C@H](C)C2)cc1. The highest BCUT2D eigenvalue weighted by molar-refractivity contribution is 5.78. The zero-order chi connectivity index (χ0) is 21.1. The Balaban J connectivity index is 1.42. The summed E-state index contributed by atoms with van der Waals surface area (Å²) in [4.78, 5) is 19.7. The predicted molar refractivity (Wildman–Crippen MR) is 117 cm³/mol. The Morgan fingerprint density at radius 1 is 1.20 bits per heavy atom. The molecule has 1 aromatic heterocycles. The Morgan fingerprint density at radius 3 is 2.77 bits per heavy atom. The Labute approximate surface area is 176 Å². The van der Waals surface area contributed by atoms with Gasteiger partial charge >= 0.3 is 0 Å². The lowest BCUT2D eigenvalue weighted by Crippen LogP contribution is -2.35. The number of halogens is 1. The van der Waals surface area contributed by atoms with Crippen molar-refractivity contribution >= 4 is 10.9 Å². The van der Waals surface area contributed by atoms with Crippen molar-refractivity contribution in [2.45, 2.75) is 33.1 Å². The van der Waals surface area contributed by atoms with Crippen molar-refractivity contribution < 1.29 is 9.13 Å². The largest absolute Gasteiger partial charge is 0.494 e. The van der Waals surface area contributed by atoms with E-state index in [1.165, 1.54) is 42.6 Å². The molecule has 2 aromatic carbocycles. The zero-order valence-corrected chi connectivity index (χ0v) is 17.6. The summed E-state index contributed by atoms with van der Waals surface area (Å²) in [6.07, 6.45) is 3.62. The van der Waals surface area contributed by atoms with E-state index in [1.807, 2.05) is 24.3 Å². The number of ether oxygens (including phenoxy) is 1. The van der Waals surface area contributed by atoms with E-state index in [0.717, 1.165) is 24.6 Å². The third-order valence-corrected chi connectivity index (χ3v) is 5.74. The van der Waals surface area contributed by atoms with Gasteiger partial charge in [0.25, 0.3) is 5.56 Å². The van der Waals surface area contributed by atoms with E-state index in [2.05, 4.69) is 16.8 Å². The maximum Gasteiger partial charge on any atom is 0.266 e. The van der Waals surface area contributed by atoms with Gasteiger partial charge in [0.15, 0.2) is 0 Å². The van der Waals surface area contributed by atoms with Gasteiger partial charge in [-0.3, -0.25) is 9.36 Å². The summed E-state index contributed by atoms with van der Waals surface area (Å²) in [6.45, 7) is 8.14. The monoisotopic (exact) mass is 409 g/mol. The highest BCUT2D eigenvalue weighted by Gasteiger charge is 2.15. The van der Waals surface area contributed by atoms with Crippen molar-refractivity contribution in [3.05, 3.63) is 64.5 Å². The van der Waals surface area contributed by atoms with E-state index >= 15 is 0 Å². The van der Waals surface area contributed by atoms with E-state index in [1.54, 1.807) is 13.0 Å². The molecule has 1 saturated heterocycles. The normalized spacial score (nSPS) is 17.4. The van der Waals surface area contributed by atoms with Crippen LogP contribution in [-0.2, 0) is 0 Å². The number of aromatic nitrogens is 2. The average Bonchev–Trinajstić information content (AvgIpc) is 2.73. The van der Waals surface area contributed by atoms with Gasteiger partial charge in [0, 0.05) is 13.1 Å². The van der Waals surface area contributed by atoms with Crippen LogP contribution in [-0.4, -0.2) is 40.7 Å². The van der Waals surface area contributed by atoms with Gasteiger partial charge < -0.3 is 9.64 Å². The molecule has 0 unspecified atom stereocenters. The van der Waals surface area contributed by atoms with Crippen molar-refractivity contribution in [2.24, 2.45) is 5.92 Å². The fraction of sp³-hybridized carbons (Fsp3) is 0.417. The number of rotatable bonds is 6. The third-order valence-electron chi connectivity index (χ3n) is 5.74. The van der Waals surface area contributed by atoms with E-state index in [9.17, 15) is 9.18 Å². The topological polar surface area (TPSA) is 47.4 Å². The van der Waals surface area contributed by atoms with Crippen LogP contribution in [0.15, 0.2) is 47.3 Å². The molecule has 5 nitrogen and oxygen atoms in total. The van der Waals surface area contributed by atoms with Crippen molar-refractivity contribution in [3.8, 4) is 11.4 Å². The van der Waals surface area contributed by atoms with Crippen molar-refractivity contribution in [2.75, 3.05) is 26.2 Å². The molecule has 1 aliphatic heterocycles. The lowest BCUT2D eigenvalue weighted by atomic mass is 10.0. The van der Waals surface area contributed by atoms with Gasteiger partial charge in [-0.15, -0.1) is 0 Å². The minimum Gasteiger partial charge on any atom is -0.494 e. The first-order valence-electron chi connectivity index (χ1n) is 10.7. The van der Waals surface area contributed by atoms with Crippen LogP contribution < -0.4 is 10.3 Å². The lowest BCUT2D eigenvalue weighted by Gasteiger charge is -2.30. The predicted octanol–water partition coefficient (Wildman–Crippen LogP) is 4.33. The fourth-order valence-electron chi connectivity index (χ4n) is 4.24. The van der Waals surface area contributed by atoms with Crippen LogP contribution in [0.2, 0.25) is 0 Å². The van der Waals surface area contributed by atoms with Crippen LogP contribution in [0, 0.1) is 18.7 Å². The summed E-state index contributed by atoms with van der Waals surface area (Å²) in [7, 11) is 0. The maximum atomic E-state index is 14.0. The quantitative estimate of drug-likeness (QED) is 0.569. The molecule has 4 rings (SSSR count). The summed E-state index contributed by atoms with van der Waals surface area (Å²) >= 11 is 0. The Kier molecular flexibility index (Phi) is 6.13. The van der Waals surface area contributed by atoms with Crippen LogP contribution in [0.4, 0.5) is 4.39 Å². The van der Waals surface area contributed by atoms with Crippen LogP contribution in [0.3, 0.4) is 0 Å². The Morgan fingerprint density at radius 2 is 2.00 bits per heavy atom. The van der Waals surface area contributed by atoms with Gasteiger partial charge in [0.2, 0.25) is 0 Å². The summed E-state index contributed by atoms with van der Waals surface area (Å²) < 4.78 is 21.4. The number of para-hydroxylation sites is 1. The van der Waals surface area contributed by atoms with Crippen molar-refractivity contribution in [1.29, 1.82) is 0 Å². The first-order valence-corrected chi connectivity index (χ1v) is 10.7. The second-order valence-corrected chi connectivity index (χ2v) is 8.18. The molecule has 0 aliphatic carbocycles. The van der Waals surface area contributed by atoms with Gasteiger partial charge in [-0.05, 0) is 75.0 Å². The Bertz CT molecular complexity index is 1080. The standard InChI is InChI=1S/C24H28FN3O2/c1-17-6-4-13-27(16-17)14-5-15-30-20-11-9-19(10-12-20)28-18(2)26-23-21(24(28)29)7-3-8-22(23)25/h3,7-12,17H,4-6,13-16H2,1-2H3/t17-/m0/s1. The maximum absolute atomic E-state index is 14.0. The molecule has 2 heterocycles. The number of likely N-dealkylation sites (tertiary alicyclic amines) is 1. The average molecular weight is 410 g/mol. The molecule has 0 amide bonds. The van der Waals surface area contributed by atoms with E-state index in [4.69, 9.17) is 4.74 Å². The molecular weight excluding hydrogens is 381 g/mol. The van der Waals surface area contributed by atoms with Crippen LogP contribution >= 0.6 is 0 Å². The summed E-state index contributed by atoms with van der Waals surface area (Å²) in [5, 5.41) is 0.271. The molecule has 6 heteroatoms. The highest BCUT2D eigenvalue weighted by Crippen LogP contribution is 2.19. The molecule has 1 fully saturated rings. The molecular formula is C24H28FN3O2. The molecule has 1 aliphatic rings. The first kappa shape index (κ1) is 20.5. The number of hydrogen-bond donors (Lipinski definition) is 0. The molecule has 0 N–H and O–H groups in total. The fourth-order valence-corrected chi connectivity index (χ4v) is 4.24. The van der Waals surface area contributed by atoms with E-state index in [0.29, 0.717) is 18.1 Å². The molecule has 0 spiro atoms. The molecule has 158 valence electrons. The second kappa shape index (κ2) is 8.96. The summed E-state index contributed by atoms with van der Waals surface area (Å²) in [6, 6.07) is 11.8. The second-order valence-electron chi connectivity index (χ2n) is 8.18. The molecule has 0 bridgehead atoms. The molecule has 0 radical (unpaired) electrons. The number of nitrogens with zero attached hydrogens (tertiary/aromatic N) is 3. The number of aryl methyl sites for hydroxylation is 1. The van der Waals surface area contributed by atoms with Gasteiger partial charge in [-0.1, -0.05) is 13.0 Å². The number of fused-ring (bicyclic) bond motifs is 1. The van der Waals surface area contributed by atoms with Crippen molar-refractivity contribution in [1.82, 2.24) is 14.5 Å². The van der Waals surface area contributed by atoms with Gasteiger partial charge in [0.1, 0.15) is 22.9 Å². The molecule has 3 aromatic rings. The Hall–Kier alpha value is -2.73. The zero-order valence-electron chi connectivity index (χ0n) is 17.6. The first-order chi connectivity index (χ1) is 14.5. The summed E-state index contributed by atoms with van der Waals surface area (Å²) in [5.41, 5.74) is 0.520. The highest BCUT2D eigenvalue weighted by atomic mass is 19.1. The molecule has 30 heavy (non-hydrogen) atoms. The van der Waals surface area contributed by atoms with Crippen molar-refractivity contribution in [3.63, 3.8) is 0 Å². The van der Waals surface area contributed by atoms with Crippen LogP contribution in [0.25, 0.3) is 16.6 Å². The minimum atomic E-state index is -0.484. The lowest BCUT2D eigenvalue weighted by molar-refractivity contribution is 0.170. The third kappa shape index (κ3) is 4.38. The van der Waals surface area contributed by atoms with Crippen LogP contribution in [0.5, 0.6) is 5.75 Å². The number of piperidine rings is 1. The smallest absolute Gasteiger partial charge is 0.266 e. The molecule has 0 saturated carbocycles. The van der Waals surface area contributed by atoms with Crippen LogP contribution in [0.1, 0.15) is 32.0 Å². The van der Waals surface area contributed by atoms with E-state index in [-0.39, 0.29) is 16.5 Å².